The second-order valence-corrected chi connectivity index (χ2v) is 4.08. The lowest BCUT2D eigenvalue weighted by molar-refractivity contribution is 0.412. The van der Waals surface area contributed by atoms with Crippen LogP contribution in [0, 0.1) is 18.3 Å². The number of methoxy groups -OCH3 is 1. The molecule has 1 aromatic heterocycles. The number of ether oxygens (including phenoxy) is 1. The number of aryl methyl sites for hydroxylation is 1. The molecule has 0 amide bonds. The molecule has 2 aromatic rings. The Morgan fingerprint density at radius 1 is 1.37 bits per heavy atom. The van der Waals surface area contributed by atoms with Crippen LogP contribution in [0.25, 0.3) is 0 Å². The zero-order valence-electron chi connectivity index (χ0n) is 10.8. The normalized spacial score (nSPS) is 9.74. The zero-order valence-corrected chi connectivity index (χ0v) is 10.8. The molecule has 0 atom stereocenters. The fraction of sp³-hybridized carbons (Fsp3) is 0.143. The number of nitrogen functional groups attached to an aromatic ring is 1. The Bertz CT molecular complexity index is 646. The molecule has 0 aliphatic carbocycles. The molecule has 96 valence electrons. The van der Waals surface area contributed by atoms with Crippen LogP contribution < -0.4 is 15.8 Å². The molecule has 0 spiro atoms. The summed E-state index contributed by atoms with van der Waals surface area (Å²) >= 11 is 0. The van der Waals surface area contributed by atoms with E-state index in [-0.39, 0.29) is 0 Å². The van der Waals surface area contributed by atoms with Gasteiger partial charge in [0.25, 0.3) is 0 Å². The van der Waals surface area contributed by atoms with E-state index in [9.17, 15) is 0 Å². The van der Waals surface area contributed by atoms with Crippen molar-refractivity contribution in [3.05, 3.63) is 41.6 Å². The maximum atomic E-state index is 8.76. The molecule has 1 aromatic carbocycles. The van der Waals surface area contributed by atoms with E-state index in [2.05, 4.69) is 10.3 Å². The highest BCUT2D eigenvalue weighted by molar-refractivity contribution is 5.70. The second kappa shape index (κ2) is 5.27. The predicted molar refractivity (Wildman–Crippen MR) is 74.4 cm³/mol. The fourth-order valence-electron chi connectivity index (χ4n) is 1.74. The van der Waals surface area contributed by atoms with Crippen LogP contribution in [0.2, 0.25) is 0 Å². The Morgan fingerprint density at radius 3 is 2.74 bits per heavy atom. The van der Waals surface area contributed by atoms with Crippen LogP contribution in [0.1, 0.15) is 11.1 Å². The summed E-state index contributed by atoms with van der Waals surface area (Å²) in [7, 11) is 1.63. The van der Waals surface area contributed by atoms with Gasteiger partial charge in [0.15, 0.2) is 5.82 Å². The van der Waals surface area contributed by atoms with Gasteiger partial charge in [0.05, 0.1) is 18.4 Å². The van der Waals surface area contributed by atoms with E-state index >= 15 is 0 Å². The van der Waals surface area contributed by atoms with E-state index in [4.69, 9.17) is 15.7 Å². The Labute approximate surface area is 111 Å². The Morgan fingerprint density at radius 2 is 2.16 bits per heavy atom. The topological polar surface area (TPSA) is 84.0 Å². The number of pyridine rings is 1. The van der Waals surface area contributed by atoms with Crippen molar-refractivity contribution in [3.63, 3.8) is 0 Å². The number of nitriles is 1. The number of nitrogens with two attached hydrogens (primary N) is 1. The lowest BCUT2D eigenvalue weighted by atomic mass is 10.2. The summed E-state index contributed by atoms with van der Waals surface area (Å²) in [6, 6.07) is 9.28. The highest BCUT2D eigenvalue weighted by atomic mass is 16.5. The number of hydrogen-bond donors (Lipinski definition) is 2. The molecule has 0 fully saturated rings. The SMILES string of the molecule is COc1ccc(Nc2ncc(C#N)cc2N)cc1C. The largest absolute Gasteiger partial charge is 0.496 e. The highest BCUT2D eigenvalue weighted by Gasteiger charge is 2.05. The van der Waals surface area contributed by atoms with Crippen molar-refractivity contribution < 1.29 is 4.74 Å². The van der Waals surface area contributed by atoms with Gasteiger partial charge < -0.3 is 15.8 Å². The maximum Gasteiger partial charge on any atom is 0.153 e. The highest BCUT2D eigenvalue weighted by Crippen LogP contribution is 2.25. The molecule has 0 bridgehead atoms. The Kier molecular flexibility index (Phi) is 3.53. The molecule has 0 unspecified atom stereocenters. The fourth-order valence-corrected chi connectivity index (χ4v) is 1.74. The van der Waals surface area contributed by atoms with Gasteiger partial charge in [-0.1, -0.05) is 0 Å². The van der Waals surface area contributed by atoms with Crippen LogP contribution in [0.5, 0.6) is 5.75 Å². The molecule has 1 heterocycles. The van der Waals surface area contributed by atoms with Crippen molar-refractivity contribution >= 4 is 17.2 Å². The first-order chi connectivity index (χ1) is 9.13. The second-order valence-electron chi connectivity index (χ2n) is 4.08. The van der Waals surface area contributed by atoms with Crippen molar-refractivity contribution in [1.29, 1.82) is 5.26 Å². The van der Waals surface area contributed by atoms with E-state index in [1.54, 1.807) is 13.2 Å². The summed E-state index contributed by atoms with van der Waals surface area (Å²) in [5.74, 6) is 1.36. The quantitative estimate of drug-likeness (QED) is 0.879. The van der Waals surface area contributed by atoms with Gasteiger partial charge in [-0.25, -0.2) is 4.98 Å². The molecule has 5 nitrogen and oxygen atoms in total. The van der Waals surface area contributed by atoms with Gasteiger partial charge in [0.2, 0.25) is 0 Å². The number of aromatic nitrogens is 1. The van der Waals surface area contributed by atoms with E-state index < -0.39 is 0 Å². The van der Waals surface area contributed by atoms with Crippen molar-refractivity contribution in [2.45, 2.75) is 6.92 Å². The van der Waals surface area contributed by atoms with Gasteiger partial charge in [0, 0.05) is 11.9 Å². The molecule has 0 saturated heterocycles. The smallest absolute Gasteiger partial charge is 0.153 e. The third-order valence-electron chi connectivity index (χ3n) is 2.70. The van der Waals surface area contributed by atoms with Gasteiger partial charge in [-0.05, 0) is 36.8 Å². The van der Waals surface area contributed by atoms with Crippen LogP contribution in [0.3, 0.4) is 0 Å². The summed E-state index contributed by atoms with van der Waals surface area (Å²) in [4.78, 5) is 4.13. The first-order valence-electron chi connectivity index (χ1n) is 5.71. The first kappa shape index (κ1) is 12.7. The van der Waals surface area contributed by atoms with Gasteiger partial charge in [-0.2, -0.15) is 5.26 Å². The van der Waals surface area contributed by atoms with Crippen LogP contribution in [-0.4, -0.2) is 12.1 Å². The van der Waals surface area contributed by atoms with Crippen LogP contribution in [0.4, 0.5) is 17.2 Å². The predicted octanol–water partition coefficient (Wildman–Crippen LogP) is 2.60. The van der Waals surface area contributed by atoms with Crippen molar-refractivity contribution in [3.8, 4) is 11.8 Å². The molecule has 2 rings (SSSR count). The summed E-state index contributed by atoms with van der Waals surface area (Å²) < 4.78 is 5.20. The summed E-state index contributed by atoms with van der Waals surface area (Å²) in [5, 5.41) is 11.9. The molecule has 0 aliphatic heterocycles. The van der Waals surface area contributed by atoms with Gasteiger partial charge in [-0.3, -0.25) is 0 Å². The summed E-state index contributed by atoms with van der Waals surface area (Å²) in [6.45, 7) is 1.96. The summed E-state index contributed by atoms with van der Waals surface area (Å²) in [6.07, 6.45) is 1.48. The lowest BCUT2D eigenvalue weighted by Crippen LogP contribution is -2.00. The number of nitrogens with zero attached hydrogens (tertiary/aromatic N) is 2. The summed E-state index contributed by atoms with van der Waals surface area (Å²) in [5.41, 5.74) is 8.59. The number of anilines is 3. The minimum atomic E-state index is 0.438. The maximum absolute atomic E-state index is 8.76. The molecular formula is C14H14N4O. The average molecular weight is 254 g/mol. The molecule has 5 heteroatoms. The monoisotopic (exact) mass is 254 g/mol. The van der Waals surface area contributed by atoms with E-state index in [0.29, 0.717) is 17.1 Å². The third-order valence-corrected chi connectivity index (χ3v) is 2.70. The first-order valence-corrected chi connectivity index (χ1v) is 5.71. The standard InChI is InChI=1S/C14H14N4O/c1-9-5-11(3-4-13(9)19-2)18-14-12(16)6-10(7-15)8-17-14/h3-6,8H,16H2,1-2H3,(H,17,18). The molecule has 0 aliphatic rings. The molecule has 3 N–H and O–H groups in total. The molecule has 0 saturated carbocycles. The number of hydrogen-bond acceptors (Lipinski definition) is 5. The minimum Gasteiger partial charge on any atom is -0.496 e. The van der Waals surface area contributed by atoms with Crippen LogP contribution in [0.15, 0.2) is 30.5 Å². The average Bonchev–Trinajstić information content (AvgIpc) is 2.41. The number of benzene rings is 1. The van der Waals surface area contributed by atoms with Crippen LogP contribution in [-0.2, 0) is 0 Å². The van der Waals surface area contributed by atoms with E-state index in [0.717, 1.165) is 17.0 Å². The molecular weight excluding hydrogens is 240 g/mol. The third kappa shape index (κ3) is 2.75. The molecule has 0 radical (unpaired) electrons. The van der Waals surface area contributed by atoms with E-state index in [1.165, 1.54) is 6.20 Å². The van der Waals surface area contributed by atoms with Gasteiger partial charge >= 0.3 is 0 Å². The van der Waals surface area contributed by atoms with Crippen LogP contribution >= 0.6 is 0 Å². The van der Waals surface area contributed by atoms with E-state index in [1.807, 2.05) is 31.2 Å². The number of nitrogens with one attached hydrogen (secondary N) is 1. The van der Waals surface area contributed by atoms with Crippen molar-refractivity contribution in [2.24, 2.45) is 0 Å². The number of rotatable bonds is 3. The minimum absolute atomic E-state index is 0.438. The van der Waals surface area contributed by atoms with Crippen molar-refractivity contribution in [1.82, 2.24) is 4.98 Å². The lowest BCUT2D eigenvalue weighted by Gasteiger charge is -2.10. The molecule has 19 heavy (non-hydrogen) atoms. The Hall–Kier alpha value is -2.74. The van der Waals surface area contributed by atoms with Crippen molar-refractivity contribution in [2.75, 3.05) is 18.2 Å². The van der Waals surface area contributed by atoms with Gasteiger partial charge in [-0.15, -0.1) is 0 Å². The zero-order chi connectivity index (χ0) is 13.8. The Balaban J connectivity index is 2.26. The van der Waals surface area contributed by atoms with Gasteiger partial charge in [0.1, 0.15) is 11.8 Å².